The summed E-state index contributed by atoms with van der Waals surface area (Å²) in [6.07, 6.45) is -1.50. The molecule has 30 heavy (non-hydrogen) atoms. The van der Waals surface area contributed by atoms with Crippen LogP contribution in [-0.4, -0.2) is 10.9 Å². The lowest BCUT2D eigenvalue weighted by Crippen LogP contribution is -2.24. The van der Waals surface area contributed by atoms with Gasteiger partial charge in [0.1, 0.15) is 5.82 Å². The Hall–Kier alpha value is -3.46. The van der Waals surface area contributed by atoms with Crippen LogP contribution >= 0.6 is 0 Å². The number of hydroxylamine groups is 1. The van der Waals surface area contributed by atoms with E-state index in [1.807, 2.05) is 12.1 Å². The third kappa shape index (κ3) is 5.54. The Morgan fingerprint density at radius 1 is 1.00 bits per heavy atom. The van der Waals surface area contributed by atoms with Crippen LogP contribution in [-0.2, 0) is 24.2 Å². The van der Waals surface area contributed by atoms with Gasteiger partial charge in [-0.15, -0.1) is 0 Å². The molecule has 1 heterocycles. The molecule has 0 saturated carbocycles. The number of halogens is 4. The van der Waals surface area contributed by atoms with Gasteiger partial charge in [0.15, 0.2) is 0 Å². The molecule has 156 valence electrons. The van der Waals surface area contributed by atoms with Crippen molar-refractivity contribution >= 4 is 11.6 Å². The third-order valence-corrected chi connectivity index (χ3v) is 4.14. The van der Waals surface area contributed by atoms with Crippen molar-refractivity contribution < 1.29 is 27.2 Å². The fourth-order valence-corrected chi connectivity index (χ4v) is 2.65. The molecule has 1 amide bonds. The van der Waals surface area contributed by atoms with E-state index in [9.17, 15) is 22.4 Å². The maximum Gasteiger partial charge on any atom is 0.419 e. The molecule has 5 nitrogen and oxygen atoms in total. The summed E-state index contributed by atoms with van der Waals surface area (Å²) in [5, 5.41) is 3.14. The standard InChI is InChI=1S/C21H17F4N3O2/c22-18-6-5-15(11-17(18)21(23,24)25)13-30-28-20(29)16-3-1-2-4-19(16)27-12-14-7-9-26-10-8-14/h1-11,27H,12-13H2,(H,28,29). The van der Waals surface area contributed by atoms with Crippen LogP contribution in [0.5, 0.6) is 0 Å². The zero-order chi connectivity index (χ0) is 21.6. The molecule has 2 aromatic carbocycles. The number of hydrogen-bond donors (Lipinski definition) is 2. The maximum atomic E-state index is 13.3. The number of rotatable bonds is 7. The van der Waals surface area contributed by atoms with Gasteiger partial charge in [-0.3, -0.25) is 14.6 Å². The maximum absolute atomic E-state index is 13.3. The van der Waals surface area contributed by atoms with E-state index in [0.29, 0.717) is 29.9 Å². The Morgan fingerprint density at radius 2 is 1.73 bits per heavy atom. The summed E-state index contributed by atoms with van der Waals surface area (Å²) in [6.45, 7) is 0.102. The summed E-state index contributed by atoms with van der Waals surface area (Å²) in [7, 11) is 0. The predicted octanol–water partition coefficient (Wildman–Crippen LogP) is 4.71. The number of para-hydroxylation sites is 1. The number of hydrogen-bond acceptors (Lipinski definition) is 4. The minimum absolute atomic E-state index is 0.0631. The monoisotopic (exact) mass is 419 g/mol. The summed E-state index contributed by atoms with van der Waals surface area (Å²) in [6, 6.07) is 12.9. The van der Waals surface area contributed by atoms with E-state index in [1.165, 1.54) is 0 Å². The first-order valence-electron chi connectivity index (χ1n) is 8.84. The van der Waals surface area contributed by atoms with Gasteiger partial charge < -0.3 is 5.32 Å². The highest BCUT2D eigenvalue weighted by atomic mass is 19.4. The van der Waals surface area contributed by atoms with Crippen LogP contribution in [0.15, 0.2) is 67.0 Å². The quantitative estimate of drug-likeness (QED) is 0.430. The third-order valence-electron chi connectivity index (χ3n) is 4.14. The number of carbonyl (C=O) groups excluding carboxylic acids is 1. The number of aromatic nitrogens is 1. The van der Waals surface area contributed by atoms with E-state index in [0.717, 1.165) is 11.6 Å². The van der Waals surface area contributed by atoms with E-state index < -0.39 is 23.5 Å². The summed E-state index contributed by atoms with van der Waals surface area (Å²) < 4.78 is 51.7. The summed E-state index contributed by atoms with van der Waals surface area (Å²) in [5.74, 6) is -1.95. The van der Waals surface area contributed by atoms with Crippen LogP contribution in [0.4, 0.5) is 23.2 Å². The SMILES string of the molecule is O=C(NOCc1ccc(F)c(C(F)(F)F)c1)c1ccccc1NCc1ccncc1. The molecule has 0 bridgehead atoms. The molecule has 0 fully saturated rings. The van der Waals surface area contributed by atoms with E-state index in [-0.39, 0.29) is 12.2 Å². The van der Waals surface area contributed by atoms with Crippen LogP contribution in [0.3, 0.4) is 0 Å². The van der Waals surface area contributed by atoms with Crippen molar-refractivity contribution in [2.45, 2.75) is 19.3 Å². The molecular weight excluding hydrogens is 402 g/mol. The van der Waals surface area contributed by atoms with Crippen LogP contribution in [0.1, 0.15) is 27.0 Å². The minimum Gasteiger partial charge on any atom is -0.380 e. The summed E-state index contributed by atoms with van der Waals surface area (Å²) in [4.78, 5) is 21.4. The number of amides is 1. The molecule has 2 N–H and O–H groups in total. The van der Waals surface area contributed by atoms with Gasteiger partial charge in [-0.1, -0.05) is 18.2 Å². The Bertz CT molecular complexity index is 1010. The number of nitrogens with one attached hydrogen (secondary N) is 2. The molecule has 0 atom stereocenters. The lowest BCUT2D eigenvalue weighted by atomic mass is 10.1. The smallest absolute Gasteiger partial charge is 0.380 e. The van der Waals surface area contributed by atoms with Gasteiger partial charge in [0.25, 0.3) is 5.91 Å². The highest BCUT2D eigenvalue weighted by Crippen LogP contribution is 2.32. The van der Waals surface area contributed by atoms with Gasteiger partial charge >= 0.3 is 6.18 Å². The molecule has 3 aromatic rings. The number of benzene rings is 2. The lowest BCUT2D eigenvalue weighted by molar-refractivity contribution is -0.140. The van der Waals surface area contributed by atoms with Gasteiger partial charge in [0.2, 0.25) is 0 Å². The van der Waals surface area contributed by atoms with Gasteiger partial charge in [-0.05, 0) is 47.5 Å². The van der Waals surface area contributed by atoms with E-state index >= 15 is 0 Å². The van der Waals surface area contributed by atoms with Crippen LogP contribution < -0.4 is 10.8 Å². The normalized spacial score (nSPS) is 11.2. The molecule has 0 aliphatic carbocycles. The Balaban J connectivity index is 1.61. The highest BCUT2D eigenvalue weighted by molar-refractivity contribution is 5.98. The Kier molecular flexibility index (Phi) is 6.63. The molecule has 0 aliphatic heterocycles. The molecular formula is C21H17F4N3O2. The topological polar surface area (TPSA) is 63.2 Å². The molecule has 9 heteroatoms. The van der Waals surface area contributed by atoms with E-state index in [2.05, 4.69) is 15.8 Å². The Morgan fingerprint density at radius 3 is 2.47 bits per heavy atom. The molecule has 1 aromatic heterocycles. The summed E-state index contributed by atoms with van der Waals surface area (Å²) in [5.41, 5.74) is 2.68. The zero-order valence-electron chi connectivity index (χ0n) is 15.5. The second-order valence-corrected chi connectivity index (χ2v) is 6.29. The largest absolute Gasteiger partial charge is 0.419 e. The summed E-state index contributed by atoms with van der Waals surface area (Å²) >= 11 is 0. The van der Waals surface area contributed by atoms with Gasteiger partial charge in [-0.25, -0.2) is 9.87 Å². The van der Waals surface area contributed by atoms with Crippen molar-refractivity contribution in [2.24, 2.45) is 0 Å². The van der Waals surface area contributed by atoms with Crippen molar-refractivity contribution in [3.8, 4) is 0 Å². The van der Waals surface area contributed by atoms with Crippen molar-refractivity contribution in [3.05, 3.63) is 95.1 Å². The number of nitrogens with zero attached hydrogens (tertiary/aromatic N) is 1. The van der Waals surface area contributed by atoms with Crippen LogP contribution in [0.2, 0.25) is 0 Å². The average Bonchev–Trinajstić information content (AvgIpc) is 2.73. The first-order valence-corrected chi connectivity index (χ1v) is 8.84. The van der Waals surface area contributed by atoms with Crippen LogP contribution in [0, 0.1) is 5.82 Å². The second kappa shape index (κ2) is 9.36. The molecule has 0 aliphatic rings. The van der Waals surface area contributed by atoms with Crippen molar-refractivity contribution in [3.63, 3.8) is 0 Å². The number of anilines is 1. The first-order chi connectivity index (χ1) is 14.3. The minimum atomic E-state index is -4.82. The van der Waals surface area contributed by atoms with Crippen LogP contribution in [0.25, 0.3) is 0 Å². The van der Waals surface area contributed by atoms with E-state index in [4.69, 9.17) is 4.84 Å². The fourth-order valence-electron chi connectivity index (χ4n) is 2.65. The number of carbonyl (C=O) groups is 1. The predicted molar refractivity (Wildman–Crippen MR) is 102 cm³/mol. The second-order valence-electron chi connectivity index (χ2n) is 6.29. The fraction of sp³-hybridized carbons (Fsp3) is 0.143. The van der Waals surface area contributed by atoms with Gasteiger partial charge in [0, 0.05) is 24.6 Å². The van der Waals surface area contributed by atoms with Gasteiger partial charge in [-0.2, -0.15) is 13.2 Å². The molecule has 0 saturated heterocycles. The number of alkyl halides is 3. The zero-order valence-corrected chi connectivity index (χ0v) is 15.5. The van der Waals surface area contributed by atoms with Crippen molar-refractivity contribution in [1.82, 2.24) is 10.5 Å². The van der Waals surface area contributed by atoms with Crippen molar-refractivity contribution in [2.75, 3.05) is 5.32 Å². The van der Waals surface area contributed by atoms with Gasteiger partial charge in [0.05, 0.1) is 17.7 Å². The van der Waals surface area contributed by atoms with Crippen molar-refractivity contribution in [1.29, 1.82) is 0 Å². The first kappa shape index (κ1) is 21.3. The lowest BCUT2D eigenvalue weighted by Gasteiger charge is -2.13. The highest BCUT2D eigenvalue weighted by Gasteiger charge is 2.34. The number of pyridine rings is 1. The van der Waals surface area contributed by atoms with E-state index in [1.54, 1.807) is 36.7 Å². The molecule has 0 spiro atoms. The molecule has 0 unspecified atom stereocenters. The average molecular weight is 419 g/mol. The molecule has 0 radical (unpaired) electrons. The Labute approximate surface area is 169 Å². The molecule has 3 rings (SSSR count).